The van der Waals surface area contributed by atoms with Gasteiger partial charge in [0.05, 0.1) is 6.10 Å². The summed E-state index contributed by atoms with van der Waals surface area (Å²) in [5.74, 6) is 1.94. The molecule has 0 aliphatic heterocycles. The molecule has 0 bridgehead atoms. The maximum Gasteiger partial charge on any atom is 0.114 e. The number of furan rings is 1. The lowest BCUT2D eigenvalue weighted by molar-refractivity contribution is 0.137. The van der Waals surface area contributed by atoms with Crippen LogP contribution in [0.1, 0.15) is 37.2 Å². The first-order valence-electron chi connectivity index (χ1n) is 5.58. The van der Waals surface area contributed by atoms with Crippen LogP contribution in [0.5, 0.6) is 0 Å². The zero-order chi connectivity index (χ0) is 10.8. The van der Waals surface area contributed by atoms with Gasteiger partial charge in [0, 0.05) is 10.1 Å². The summed E-state index contributed by atoms with van der Waals surface area (Å²) in [6, 6.07) is 2.07. The van der Waals surface area contributed by atoms with E-state index in [1.54, 1.807) is 11.8 Å². The Morgan fingerprint density at radius 3 is 2.67 bits per heavy atom. The summed E-state index contributed by atoms with van der Waals surface area (Å²) in [6.07, 6.45) is 4.34. The van der Waals surface area contributed by atoms with Gasteiger partial charge in [-0.2, -0.15) is 0 Å². The molecule has 2 atom stereocenters. The molecule has 2 rings (SSSR count). The first kappa shape index (κ1) is 11.1. The standard InChI is InChI=1S/C12H18O2S/c1-8-7-12(9(2)14-8)15-11-6-4-3-5-10(11)13/h7,10-11,13H,3-6H2,1-2H3/t10-,11-/m1/s1. The molecule has 0 aromatic carbocycles. The van der Waals surface area contributed by atoms with Crippen molar-refractivity contribution in [2.45, 2.75) is 55.8 Å². The molecule has 1 saturated carbocycles. The third kappa shape index (κ3) is 2.58. The van der Waals surface area contributed by atoms with Crippen LogP contribution < -0.4 is 0 Å². The van der Waals surface area contributed by atoms with Crippen LogP contribution in [-0.4, -0.2) is 16.5 Å². The van der Waals surface area contributed by atoms with Crippen LogP contribution in [0.15, 0.2) is 15.4 Å². The number of thioether (sulfide) groups is 1. The van der Waals surface area contributed by atoms with Gasteiger partial charge in [-0.1, -0.05) is 12.8 Å². The van der Waals surface area contributed by atoms with Gasteiger partial charge < -0.3 is 9.52 Å². The van der Waals surface area contributed by atoms with Gasteiger partial charge in [0.2, 0.25) is 0 Å². The fraction of sp³-hybridized carbons (Fsp3) is 0.667. The summed E-state index contributed by atoms with van der Waals surface area (Å²) in [6.45, 7) is 3.96. The molecule has 1 aliphatic rings. The second-order valence-corrected chi connectivity index (χ2v) is 5.57. The summed E-state index contributed by atoms with van der Waals surface area (Å²) in [5, 5.41) is 10.2. The third-order valence-corrected chi connectivity index (χ3v) is 4.45. The molecule has 3 heteroatoms. The first-order chi connectivity index (χ1) is 7.16. The molecule has 84 valence electrons. The van der Waals surface area contributed by atoms with Gasteiger partial charge in [0.25, 0.3) is 0 Å². The maximum atomic E-state index is 9.88. The molecule has 1 heterocycles. The highest BCUT2D eigenvalue weighted by Gasteiger charge is 2.25. The Labute approximate surface area is 95.1 Å². The zero-order valence-corrected chi connectivity index (χ0v) is 10.1. The molecule has 1 aliphatic carbocycles. The van der Waals surface area contributed by atoms with E-state index in [1.807, 2.05) is 13.8 Å². The largest absolute Gasteiger partial charge is 0.465 e. The Bertz CT molecular complexity index is 332. The highest BCUT2D eigenvalue weighted by molar-refractivity contribution is 8.00. The van der Waals surface area contributed by atoms with Gasteiger partial charge in [-0.25, -0.2) is 0 Å². The van der Waals surface area contributed by atoms with E-state index >= 15 is 0 Å². The molecule has 0 spiro atoms. The van der Waals surface area contributed by atoms with Crippen LogP contribution in [0, 0.1) is 13.8 Å². The minimum Gasteiger partial charge on any atom is -0.465 e. The average Bonchev–Trinajstić information content (AvgIpc) is 2.49. The van der Waals surface area contributed by atoms with Crippen molar-refractivity contribution in [3.63, 3.8) is 0 Å². The predicted octanol–water partition coefficient (Wildman–Crippen LogP) is 3.29. The summed E-state index contributed by atoms with van der Waals surface area (Å²) in [4.78, 5) is 1.19. The molecule has 0 radical (unpaired) electrons. The van der Waals surface area contributed by atoms with E-state index in [4.69, 9.17) is 4.42 Å². The van der Waals surface area contributed by atoms with E-state index < -0.39 is 0 Å². The number of hydrogen-bond acceptors (Lipinski definition) is 3. The smallest absolute Gasteiger partial charge is 0.114 e. The number of aryl methyl sites for hydroxylation is 2. The normalized spacial score (nSPS) is 26.9. The molecule has 1 aromatic rings. The molecular weight excluding hydrogens is 208 g/mol. The molecule has 1 N–H and O–H groups in total. The molecular formula is C12H18O2S. The van der Waals surface area contributed by atoms with E-state index in [1.165, 1.54) is 17.7 Å². The highest BCUT2D eigenvalue weighted by atomic mass is 32.2. The Morgan fingerprint density at radius 1 is 1.33 bits per heavy atom. The molecule has 15 heavy (non-hydrogen) atoms. The van der Waals surface area contributed by atoms with Crippen molar-refractivity contribution < 1.29 is 9.52 Å². The number of hydrogen-bond donors (Lipinski definition) is 1. The van der Waals surface area contributed by atoms with Gasteiger partial charge in [0.15, 0.2) is 0 Å². The quantitative estimate of drug-likeness (QED) is 0.840. The van der Waals surface area contributed by atoms with Crippen LogP contribution in [0.4, 0.5) is 0 Å². The average molecular weight is 226 g/mol. The van der Waals surface area contributed by atoms with Crippen molar-refractivity contribution in [1.82, 2.24) is 0 Å². The van der Waals surface area contributed by atoms with Crippen LogP contribution in [-0.2, 0) is 0 Å². The second kappa shape index (κ2) is 4.62. The third-order valence-electron chi connectivity index (χ3n) is 2.94. The van der Waals surface area contributed by atoms with Gasteiger partial charge in [-0.3, -0.25) is 0 Å². The highest BCUT2D eigenvalue weighted by Crippen LogP contribution is 2.36. The van der Waals surface area contributed by atoms with Crippen molar-refractivity contribution in [1.29, 1.82) is 0 Å². The summed E-state index contributed by atoms with van der Waals surface area (Å²) in [7, 11) is 0. The fourth-order valence-electron chi connectivity index (χ4n) is 2.10. The Hall–Kier alpha value is -0.410. The van der Waals surface area contributed by atoms with Crippen molar-refractivity contribution in [3.8, 4) is 0 Å². The summed E-state index contributed by atoms with van der Waals surface area (Å²) < 4.78 is 5.49. The van der Waals surface area contributed by atoms with Crippen LogP contribution in [0.3, 0.4) is 0 Å². The molecule has 1 fully saturated rings. The van der Waals surface area contributed by atoms with Crippen LogP contribution in [0.25, 0.3) is 0 Å². The minimum atomic E-state index is -0.140. The topological polar surface area (TPSA) is 33.4 Å². The summed E-state index contributed by atoms with van der Waals surface area (Å²) in [5.41, 5.74) is 0. The van der Waals surface area contributed by atoms with E-state index in [2.05, 4.69) is 6.07 Å². The minimum absolute atomic E-state index is 0.140. The number of rotatable bonds is 2. The summed E-state index contributed by atoms with van der Waals surface area (Å²) >= 11 is 1.78. The predicted molar refractivity (Wildman–Crippen MR) is 62.3 cm³/mol. The first-order valence-corrected chi connectivity index (χ1v) is 6.46. The Morgan fingerprint density at radius 2 is 2.07 bits per heavy atom. The Balaban J connectivity index is 2.04. The molecule has 2 nitrogen and oxygen atoms in total. The van der Waals surface area contributed by atoms with Gasteiger partial charge >= 0.3 is 0 Å². The van der Waals surface area contributed by atoms with Gasteiger partial charge in [-0.05, 0) is 32.8 Å². The monoisotopic (exact) mass is 226 g/mol. The van der Waals surface area contributed by atoms with Gasteiger partial charge in [0.1, 0.15) is 11.5 Å². The van der Waals surface area contributed by atoms with Gasteiger partial charge in [-0.15, -0.1) is 11.8 Å². The van der Waals surface area contributed by atoms with Crippen molar-refractivity contribution >= 4 is 11.8 Å². The number of aliphatic hydroxyl groups is 1. The lowest BCUT2D eigenvalue weighted by atomic mass is 9.97. The van der Waals surface area contributed by atoms with Crippen molar-refractivity contribution in [2.75, 3.05) is 0 Å². The van der Waals surface area contributed by atoms with E-state index in [0.29, 0.717) is 5.25 Å². The lowest BCUT2D eigenvalue weighted by Gasteiger charge is -2.26. The molecule has 0 amide bonds. The van der Waals surface area contributed by atoms with E-state index in [0.717, 1.165) is 24.4 Å². The zero-order valence-electron chi connectivity index (χ0n) is 9.32. The van der Waals surface area contributed by atoms with Crippen LogP contribution >= 0.6 is 11.8 Å². The van der Waals surface area contributed by atoms with Crippen molar-refractivity contribution in [2.24, 2.45) is 0 Å². The van der Waals surface area contributed by atoms with E-state index in [9.17, 15) is 5.11 Å². The fourth-order valence-corrected chi connectivity index (χ4v) is 3.45. The van der Waals surface area contributed by atoms with Crippen LogP contribution in [0.2, 0.25) is 0 Å². The lowest BCUT2D eigenvalue weighted by Crippen LogP contribution is -2.26. The van der Waals surface area contributed by atoms with E-state index in [-0.39, 0.29) is 6.10 Å². The number of aliphatic hydroxyl groups excluding tert-OH is 1. The molecule has 0 saturated heterocycles. The molecule has 0 unspecified atom stereocenters. The van der Waals surface area contributed by atoms with Crippen molar-refractivity contribution in [3.05, 3.63) is 17.6 Å². The second-order valence-electron chi connectivity index (χ2n) is 4.29. The SMILES string of the molecule is Cc1cc(S[C@@H]2CCCC[C@H]2O)c(C)o1. The Kier molecular flexibility index (Phi) is 3.42. The maximum absolute atomic E-state index is 9.88. The molecule has 1 aromatic heterocycles.